The Balaban J connectivity index is 2.52. The first-order valence-electron chi connectivity index (χ1n) is 5.53. The Morgan fingerprint density at radius 2 is 2.33 bits per heavy atom. The lowest BCUT2D eigenvalue weighted by atomic mass is 9.74. The third-order valence-electron chi connectivity index (χ3n) is 3.56. The summed E-state index contributed by atoms with van der Waals surface area (Å²) in [6.45, 7) is 15.8. The second-order valence-corrected chi connectivity index (χ2v) is 4.86. The summed E-state index contributed by atoms with van der Waals surface area (Å²) in [6.07, 6.45) is 5.20. The predicted octanol–water partition coefficient (Wildman–Crippen LogP) is 3.74. The van der Waals surface area contributed by atoms with Crippen LogP contribution in [0.3, 0.4) is 0 Å². The Bertz CT molecular complexity index is 284. The van der Waals surface area contributed by atoms with E-state index >= 15 is 0 Å². The Labute approximate surface area is 93.5 Å². The number of hydrogen-bond acceptors (Lipinski definition) is 1. The summed E-state index contributed by atoms with van der Waals surface area (Å²) in [5.41, 5.74) is 2.92. The van der Waals surface area contributed by atoms with Crippen LogP contribution in [-0.4, -0.2) is 13.2 Å². The van der Waals surface area contributed by atoms with Gasteiger partial charge in [-0.25, -0.2) is 0 Å². The summed E-state index contributed by atoms with van der Waals surface area (Å²) in [5.74, 6) is 0.530. The van der Waals surface area contributed by atoms with Crippen LogP contribution in [-0.2, 0) is 4.74 Å². The molecule has 0 unspecified atom stereocenters. The molecule has 1 heteroatoms. The van der Waals surface area contributed by atoms with Crippen molar-refractivity contribution in [1.82, 2.24) is 0 Å². The van der Waals surface area contributed by atoms with Gasteiger partial charge in [-0.15, -0.1) is 6.58 Å². The van der Waals surface area contributed by atoms with E-state index in [-0.39, 0.29) is 5.41 Å². The molecule has 0 spiro atoms. The highest BCUT2D eigenvalue weighted by molar-refractivity contribution is 5.25. The third-order valence-corrected chi connectivity index (χ3v) is 3.56. The van der Waals surface area contributed by atoms with Crippen LogP contribution in [0.4, 0.5) is 0 Å². The van der Waals surface area contributed by atoms with E-state index in [0.29, 0.717) is 19.1 Å². The largest absolute Gasteiger partial charge is 0.373 e. The van der Waals surface area contributed by atoms with Gasteiger partial charge in [0.1, 0.15) is 0 Å². The fraction of sp³-hybridized carbons (Fsp3) is 0.571. The van der Waals surface area contributed by atoms with Crippen molar-refractivity contribution in [2.24, 2.45) is 11.3 Å². The van der Waals surface area contributed by atoms with Gasteiger partial charge in [-0.05, 0) is 30.3 Å². The molecule has 0 aromatic heterocycles. The van der Waals surface area contributed by atoms with Crippen LogP contribution < -0.4 is 0 Å². The van der Waals surface area contributed by atoms with Gasteiger partial charge in [0.25, 0.3) is 0 Å². The minimum atomic E-state index is 0.245. The van der Waals surface area contributed by atoms with Crippen LogP contribution in [0, 0.1) is 11.3 Å². The molecule has 0 saturated heterocycles. The maximum Gasteiger partial charge on any atom is 0.0681 e. The van der Waals surface area contributed by atoms with Crippen molar-refractivity contribution in [3.63, 3.8) is 0 Å². The Morgan fingerprint density at radius 3 is 2.80 bits per heavy atom. The maximum atomic E-state index is 5.44. The lowest BCUT2D eigenvalue weighted by molar-refractivity contribution is 0.169. The number of rotatable bonds is 5. The Hall–Kier alpha value is -0.820. The number of allylic oxidation sites excluding steroid dienone is 2. The van der Waals surface area contributed by atoms with Crippen molar-refractivity contribution in [3.05, 3.63) is 36.5 Å². The zero-order chi connectivity index (χ0) is 11.5. The molecule has 0 aliphatic heterocycles. The van der Waals surface area contributed by atoms with Gasteiger partial charge >= 0.3 is 0 Å². The van der Waals surface area contributed by atoms with E-state index in [1.165, 1.54) is 11.1 Å². The van der Waals surface area contributed by atoms with Crippen LogP contribution in [0.2, 0.25) is 0 Å². The fourth-order valence-corrected chi connectivity index (χ4v) is 2.18. The summed E-state index contributed by atoms with van der Waals surface area (Å²) in [7, 11) is 0. The molecule has 0 N–H and O–H groups in total. The lowest BCUT2D eigenvalue weighted by Gasteiger charge is -2.31. The molecule has 1 nitrogen and oxygen atoms in total. The van der Waals surface area contributed by atoms with E-state index < -0.39 is 0 Å². The zero-order valence-corrected chi connectivity index (χ0v) is 10.2. The van der Waals surface area contributed by atoms with Gasteiger partial charge in [-0.2, -0.15) is 0 Å². The molecule has 0 aromatic rings. The van der Waals surface area contributed by atoms with Gasteiger partial charge in [-0.3, -0.25) is 0 Å². The highest BCUT2D eigenvalue weighted by atomic mass is 16.5. The summed E-state index contributed by atoms with van der Waals surface area (Å²) in [5, 5.41) is 0. The monoisotopic (exact) mass is 206 g/mol. The molecule has 0 bridgehead atoms. The SMILES string of the molecule is C=CCOCC(=C)[C@H]1CC=C(C)C1(C)C. The van der Waals surface area contributed by atoms with Crippen molar-refractivity contribution >= 4 is 0 Å². The summed E-state index contributed by atoms with van der Waals surface area (Å²) < 4.78 is 5.44. The first-order valence-corrected chi connectivity index (χ1v) is 5.53. The van der Waals surface area contributed by atoms with E-state index in [9.17, 15) is 0 Å². The Morgan fingerprint density at radius 1 is 1.67 bits per heavy atom. The molecular formula is C14H22O. The molecule has 0 fully saturated rings. The van der Waals surface area contributed by atoms with Crippen LogP contribution in [0.1, 0.15) is 27.2 Å². The number of hydrogen-bond donors (Lipinski definition) is 0. The van der Waals surface area contributed by atoms with Crippen molar-refractivity contribution < 1.29 is 4.74 Å². The van der Waals surface area contributed by atoms with Crippen LogP contribution >= 0.6 is 0 Å². The smallest absolute Gasteiger partial charge is 0.0681 e. The topological polar surface area (TPSA) is 9.23 Å². The molecule has 1 aliphatic rings. The van der Waals surface area contributed by atoms with E-state index in [2.05, 4.69) is 40.0 Å². The molecule has 0 saturated carbocycles. The zero-order valence-electron chi connectivity index (χ0n) is 10.2. The van der Waals surface area contributed by atoms with Crippen molar-refractivity contribution in [2.45, 2.75) is 27.2 Å². The molecule has 0 aromatic carbocycles. The summed E-state index contributed by atoms with van der Waals surface area (Å²) in [4.78, 5) is 0. The van der Waals surface area contributed by atoms with Crippen LogP contribution in [0.15, 0.2) is 36.5 Å². The summed E-state index contributed by atoms with van der Waals surface area (Å²) in [6, 6.07) is 0. The first kappa shape index (κ1) is 12.3. The fourth-order valence-electron chi connectivity index (χ4n) is 2.18. The van der Waals surface area contributed by atoms with E-state index in [1.54, 1.807) is 6.08 Å². The second kappa shape index (κ2) is 4.80. The highest BCUT2D eigenvalue weighted by Crippen LogP contribution is 2.46. The lowest BCUT2D eigenvalue weighted by Crippen LogP contribution is -2.23. The molecule has 1 rings (SSSR count). The second-order valence-electron chi connectivity index (χ2n) is 4.86. The molecule has 15 heavy (non-hydrogen) atoms. The van der Waals surface area contributed by atoms with Gasteiger partial charge in [0.15, 0.2) is 0 Å². The Kier molecular flexibility index (Phi) is 3.92. The third kappa shape index (κ3) is 2.60. The minimum Gasteiger partial charge on any atom is -0.373 e. The average Bonchev–Trinajstić information content (AvgIpc) is 2.42. The van der Waals surface area contributed by atoms with E-state index in [1.807, 2.05) is 0 Å². The van der Waals surface area contributed by atoms with Gasteiger partial charge in [0.2, 0.25) is 0 Å². The molecular weight excluding hydrogens is 184 g/mol. The van der Waals surface area contributed by atoms with Crippen molar-refractivity contribution in [1.29, 1.82) is 0 Å². The van der Waals surface area contributed by atoms with E-state index in [4.69, 9.17) is 4.74 Å². The minimum absolute atomic E-state index is 0.245. The molecule has 1 aliphatic carbocycles. The summed E-state index contributed by atoms with van der Waals surface area (Å²) >= 11 is 0. The quantitative estimate of drug-likeness (QED) is 0.492. The van der Waals surface area contributed by atoms with Gasteiger partial charge in [-0.1, -0.05) is 38.2 Å². The standard InChI is InChI=1S/C14H22O/c1-6-9-15-10-11(2)13-8-7-12(3)14(13,4)5/h6-7,13H,1-2,8-10H2,3-5H3/t13-/m1/s1. The number of ether oxygens (including phenoxy) is 1. The normalized spacial score (nSPS) is 23.7. The van der Waals surface area contributed by atoms with E-state index in [0.717, 1.165) is 6.42 Å². The molecule has 84 valence electrons. The van der Waals surface area contributed by atoms with Crippen LogP contribution in [0.5, 0.6) is 0 Å². The van der Waals surface area contributed by atoms with Gasteiger partial charge < -0.3 is 4.74 Å². The van der Waals surface area contributed by atoms with Crippen molar-refractivity contribution in [3.8, 4) is 0 Å². The predicted molar refractivity (Wildman–Crippen MR) is 65.8 cm³/mol. The molecule has 0 heterocycles. The molecule has 0 amide bonds. The first-order chi connectivity index (χ1) is 7.00. The molecule has 0 radical (unpaired) electrons. The average molecular weight is 206 g/mol. The maximum absolute atomic E-state index is 5.44. The van der Waals surface area contributed by atoms with Gasteiger partial charge in [0.05, 0.1) is 13.2 Å². The molecule has 1 atom stereocenters. The van der Waals surface area contributed by atoms with Gasteiger partial charge in [0, 0.05) is 0 Å². The highest BCUT2D eigenvalue weighted by Gasteiger charge is 2.36. The van der Waals surface area contributed by atoms with Crippen LogP contribution in [0.25, 0.3) is 0 Å². The van der Waals surface area contributed by atoms with Crippen molar-refractivity contribution in [2.75, 3.05) is 13.2 Å².